The van der Waals surface area contributed by atoms with Crippen LogP contribution in [0.15, 0.2) is 48.5 Å². The number of aryl methyl sites for hydroxylation is 1. The maximum absolute atomic E-state index is 12.8. The average Bonchev–Trinajstić information content (AvgIpc) is 2.97. The molecule has 0 aliphatic carbocycles. The Hall–Kier alpha value is -2.95. The van der Waals surface area contributed by atoms with Gasteiger partial charge in [0.1, 0.15) is 5.82 Å². The van der Waals surface area contributed by atoms with E-state index in [9.17, 15) is 14.0 Å². The molecule has 0 saturated carbocycles. The third-order valence-electron chi connectivity index (χ3n) is 4.05. The maximum Gasteiger partial charge on any atom is 0.220 e. The lowest BCUT2D eigenvalue weighted by atomic mass is 10.1. The molecule has 1 aromatic heterocycles. The van der Waals surface area contributed by atoms with Crippen molar-refractivity contribution in [2.45, 2.75) is 26.3 Å². The Bertz CT molecular complexity index is 913. The third-order valence-corrected chi connectivity index (χ3v) is 4.05. The molecule has 0 atom stereocenters. The van der Waals surface area contributed by atoms with Crippen LogP contribution >= 0.6 is 0 Å². The normalized spacial score (nSPS) is 10.8. The van der Waals surface area contributed by atoms with Gasteiger partial charge in [-0.3, -0.25) is 9.59 Å². The van der Waals surface area contributed by atoms with E-state index in [1.54, 1.807) is 0 Å². The van der Waals surface area contributed by atoms with Crippen LogP contribution in [-0.2, 0) is 11.3 Å². The minimum atomic E-state index is -0.385. The predicted octanol–water partition coefficient (Wildman–Crippen LogP) is 3.89. The molecule has 3 aromatic rings. The van der Waals surface area contributed by atoms with E-state index in [0.717, 1.165) is 22.2 Å². The average molecular weight is 338 g/mol. The van der Waals surface area contributed by atoms with E-state index in [1.165, 1.54) is 24.3 Å². The van der Waals surface area contributed by atoms with Gasteiger partial charge in [0.05, 0.1) is 0 Å². The van der Waals surface area contributed by atoms with Crippen molar-refractivity contribution in [3.63, 3.8) is 0 Å². The molecular formula is C20H19FN2O2. The van der Waals surface area contributed by atoms with Gasteiger partial charge in [-0.05, 0) is 60.3 Å². The van der Waals surface area contributed by atoms with Crippen LogP contribution in [0.1, 0.15) is 34.5 Å². The molecule has 0 spiro atoms. The van der Waals surface area contributed by atoms with Gasteiger partial charge < -0.3 is 10.3 Å². The summed E-state index contributed by atoms with van der Waals surface area (Å²) in [5.74, 6) is -0.732. The van der Waals surface area contributed by atoms with E-state index in [1.807, 2.05) is 25.1 Å². The van der Waals surface area contributed by atoms with Gasteiger partial charge in [0.2, 0.25) is 5.91 Å². The Morgan fingerprint density at radius 1 is 1.04 bits per heavy atom. The summed E-state index contributed by atoms with van der Waals surface area (Å²) in [6.07, 6.45) is 0.217. The van der Waals surface area contributed by atoms with E-state index >= 15 is 0 Å². The molecule has 25 heavy (non-hydrogen) atoms. The number of halogens is 1. The zero-order valence-corrected chi connectivity index (χ0v) is 13.9. The molecule has 3 rings (SSSR count). The molecule has 1 heterocycles. The number of fused-ring (bicyclic) bond motifs is 1. The molecule has 0 aliphatic heterocycles. The number of carbonyl (C=O) groups is 2. The quantitative estimate of drug-likeness (QED) is 0.670. The Morgan fingerprint density at radius 2 is 1.80 bits per heavy atom. The lowest BCUT2D eigenvalue weighted by Gasteiger charge is -2.06. The number of carbonyl (C=O) groups excluding carboxylic acids is 2. The highest BCUT2D eigenvalue weighted by Crippen LogP contribution is 2.16. The molecule has 2 N–H and O–H groups in total. The summed E-state index contributed by atoms with van der Waals surface area (Å²) in [6, 6.07) is 13.4. The highest BCUT2D eigenvalue weighted by atomic mass is 19.1. The van der Waals surface area contributed by atoms with Crippen LogP contribution in [0, 0.1) is 12.7 Å². The van der Waals surface area contributed by atoms with Crippen molar-refractivity contribution in [3.05, 3.63) is 71.2 Å². The lowest BCUT2D eigenvalue weighted by Crippen LogP contribution is -2.23. The van der Waals surface area contributed by atoms with Gasteiger partial charge in [-0.25, -0.2) is 4.39 Å². The highest BCUT2D eigenvalue weighted by molar-refractivity contribution is 5.97. The molecule has 128 valence electrons. The summed E-state index contributed by atoms with van der Waals surface area (Å²) >= 11 is 0. The molecular weight excluding hydrogens is 319 g/mol. The Morgan fingerprint density at radius 3 is 2.56 bits per heavy atom. The second-order valence-corrected chi connectivity index (χ2v) is 6.08. The summed E-state index contributed by atoms with van der Waals surface area (Å²) in [6.45, 7) is 2.42. The maximum atomic E-state index is 12.8. The molecule has 0 aliphatic rings. The zero-order chi connectivity index (χ0) is 17.8. The summed E-state index contributed by atoms with van der Waals surface area (Å²) < 4.78 is 12.8. The molecule has 0 bridgehead atoms. The van der Waals surface area contributed by atoms with Crippen molar-refractivity contribution < 1.29 is 14.0 Å². The Labute approximate surface area is 145 Å². The number of Topliss-reactive ketones (excluding diaryl/α,β-unsaturated/α-hetero) is 1. The molecule has 0 saturated heterocycles. The molecule has 0 unspecified atom stereocenters. The minimum absolute atomic E-state index is 0.105. The standard InChI is InChI=1S/C20H19FN2O2/c1-13-10-16-11-14(2-7-18(16)23-13)12-22-20(25)9-8-19(24)15-3-5-17(21)6-4-15/h2-7,10-11,23H,8-9,12H2,1H3,(H,22,25). The molecule has 1 amide bonds. The first-order valence-corrected chi connectivity index (χ1v) is 8.15. The number of H-pyrrole nitrogens is 1. The second-order valence-electron chi connectivity index (χ2n) is 6.08. The van der Waals surface area contributed by atoms with E-state index in [0.29, 0.717) is 12.1 Å². The van der Waals surface area contributed by atoms with Gasteiger partial charge in [-0.2, -0.15) is 0 Å². The van der Waals surface area contributed by atoms with Gasteiger partial charge in [0.15, 0.2) is 5.78 Å². The van der Waals surface area contributed by atoms with Crippen molar-refractivity contribution in [3.8, 4) is 0 Å². The SMILES string of the molecule is Cc1cc2cc(CNC(=O)CCC(=O)c3ccc(F)cc3)ccc2[nH]1. The number of benzene rings is 2. The van der Waals surface area contributed by atoms with Crippen molar-refractivity contribution in [1.82, 2.24) is 10.3 Å². The van der Waals surface area contributed by atoms with Gasteiger partial charge in [-0.15, -0.1) is 0 Å². The monoisotopic (exact) mass is 338 g/mol. The number of hydrogen-bond acceptors (Lipinski definition) is 2. The van der Waals surface area contributed by atoms with E-state index in [4.69, 9.17) is 0 Å². The number of rotatable bonds is 6. The van der Waals surface area contributed by atoms with Gasteiger partial charge in [0, 0.05) is 36.2 Å². The fourth-order valence-electron chi connectivity index (χ4n) is 2.73. The van der Waals surface area contributed by atoms with Crippen molar-refractivity contribution in [2.75, 3.05) is 0 Å². The van der Waals surface area contributed by atoms with Crippen LogP contribution in [0.2, 0.25) is 0 Å². The number of nitrogens with one attached hydrogen (secondary N) is 2. The molecule has 5 heteroatoms. The number of ketones is 1. The van der Waals surface area contributed by atoms with E-state index in [2.05, 4.69) is 16.4 Å². The van der Waals surface area contributed by atoms with Gasteiger partial charge >= 0.3 is 0 Å². The molecule has 2 aromatic carbocycles. The molecule has 4 nitrogen and oxygen atoms in total. The highest BCUT2D eigenvalue weighted by Gasteiger charge is 2.09. The van der Waals surface area contributed by atoms with Crippen LogP contribution in [0.3, 0.4) is 0 Å². The smallest absolute Gasteiger partial charge is 0.220 e. The van der Waals surface area contributed by atoms with Gasteiger partial charge in [0.25, 0.3) is 0 Å². The molecule has 0 radical (unpaired) electrons. The number of aromatic amines is 1. The van der Waals surface area contributed by atoms with Crippen molar-refractivity contribution >= 4 is 22.6 Å². The summed E-state index contributed by atoms with van der Waals surface area (Å²) in [4.78, 5) is 27.2. The van der Waals surface area contributed by atoms with Crippen LogP contribution in [0.4, 0.5) is 4.39 Å². The third kappa shape index (κ3) is 4.32. The Balaban J connectivity index is 1.50. The summed E-state index contributed by atoms with van der Waals surface area (Å²) in [5, 5.41) is 3.93. The van der Waals surface area contributed by atoms with E-state index in [-0.39, 0.29) is 30.3 Å². The number of aromatic nitrogens is 1. The van der Waals surface area contributed by atoms with Crippen LogP contribution < -0.4 is 5.32 Å². The number of hydrogen-bond donors (Lipinski definition) is 2. The van der Waals surface area contributed by atoms with Crippen molar-refractivity contribution in [2.24, 2.45) is 0 Å². The Kier molecular flexibility index (Phi) is 4.93. The second kappa shape index (κ2) is 7.30. The first-order chi connectivity index (χ1) is 12.0. The molecule has 0 fully saturated rings. The minimum Gasteiger partial charge on any atom is -0.359 e. The van der Waals surface area contributed by atoms with Crippen LogP contribution in [0.25, 0.3) is 10.9 Å². The topological polar surface area (TPSA) is 62.0 Å². The summed E-state index contributed by atoms with van der Waals surface area (Å²) in [7, 11) is 0. The first kappa shape index (κ1) is 16.9. The zero-order valence-electron chi connectivity index (χ0n) is 13.9. The van der Waals surface area contributed by atoms with Crippen LogP contribution in [0.5, 0.6) is 0 Å². The largest absolute Gasteiger partial charge is 0.359 e. The lowest BCUT2D eigenvalue weighted by molar-refractivity contribution is -0.121. The summed E-state index contributed by atoms with van der Waals surface area (Å²) in [5.41, 5.74) is 3.58. The van der Waals surface area contributed by atoms with Crippen molar-refractivity contribution in [1.29, 1.82) is 0 Å². The first-order valence-electron chi connectivity index (χ1n) is 8.15. The fourth-order valence-corrected chi connectivity index (χ4v) is 2.73. The van der Waals surface area contributed by atoms with E-state index < -0.39 is 0 Å². The van der Waals surface area contributed by atoms with Crippen LogP contribution in [-0.4, -0.2) is 16.7 Å². The predicted molar refractivity (Wildman–Crippen MR) is 94.8 cm³/mol. The number of amides is 1. The fraction of sp³-hybridized carbons (Fsp3) is 0.200. The van der Waals surface area contributed by atoms with Gasteiger partial charge in [-0.1, -0.05) is 6.07 Å².